The van der Waals surface area contributed by atoms with Crippen LogP contribution in [0.1, 0.15) is 11.6 Å². The van der Waals surface area contributed by atoms with E-state index in [1.807, 2.05) is 42.5 Å². The number of halogens is 2. The van der Waals surface area contributed by atoms with Crippen LogP contribution < -0.4 is 5.32 Å². The van der Waals surface area contributed by atoms with Gasteiger partial charge in [-0.05, 0) is 45.8 Å². The molecule has 18 heavy (non-hydrogen) atoms. The lowest BCUT2D eigenvalue weighted by Gasteiger charge is -2.13. The van der Waals surface area contributed by atoms with Crippen LogP contribution in [0.2, 0.25) is 5.02 Å². The molecule has 2 rings (SSSR count). The average Bonchev–Trinajstić information content (AvgIpc) is 2.40. The Balaban J connectivity index is 2.24. The molecule has 1 N–H and O–H groups in total. The minimum absolute atomic E-state index is 0.419. The molecule has 2 aromatic rings. The topological polar surface area (TPSA) is 35.8 Å². The van der Waals surface area contributed by atoms with Crippen LogP contribution in [-0.2, 0) is 0 Å². The first-order valence-electron chi connectivity index (χ1n) is 5.37. The summed E-state index contributed by atoms with van der Waals surface area (Å²) in [6.07, 6.45) is 0. The van der Waals surface area contributed by atoms with Gasteiger partial charge in [0.1, 0.15) is 6.04 Å². The van der Waals surface area contributed by atoms with Gasteiger partial charge >= 0.3 is 0 Å². The zero-order valence-corrected chi connectivity index (χ0v) is 11.7. The van der Waals surface area contributed by atoms with Crippen LogP contribution in [0.15, 0.2) is 53.0 Å². The van der Waals surface area contributed by atoms with E-state index in [-0.39, 0.29) is 0 Å². The first-order chi connectivity index (χ1) is 8.70. The minimum Gasteiger partial charge on any atom is -0.366 e. The number of rotatable bonds is 3. The molecule has 2 nitrogen and oxygen atoms in total. The maximum absolute atomic E-state index is 9.23. The van der Waals surface area contributed by atoms with Crippen LogP contribution in [0.5, 0.6) is 0 Å². The zero-order valence-electron chi connectivity index (χ0n) is 9.40. The smallest absolute Gasteiger partial charge is 0.140 e. The molecule has 0 saturated carbocycles. The Morgan fingerprint density at radius 3 is 2.50 bits per heavy atom. The highest BCUT2D eigenvalue weighted by atomic mass is 79.9. The molecule has 4 heteroatoms. The number of benzene rings is 2. The lowest BCUT2D eigenvalue weighted by atomic mass is 10.1. The van der Waals surface area contributed by atoms with Crippen molar-refractivity contribution in [3.8, 4) is 6.07 Å². The van der Waals surface area contributed by atoms with Gasteiger partial charge in [-0.15, -0.1) is 0 Å². The van der Waals surface area contributed by atoms with E-state index < -0.39 is 6.04 Å². The molecule has 0 aromatic heterocycles. The van der Waals surface area contributed by atoms with Gasteiger partial charge < -0.3 is 5.32 Å². The van der Waals surface area contributed by atoms with Crippen molar-refractivity contribution in [3.05, 3.63) is 63.6 Å². The molecule has 0 saturated heterocycles. The number of anilines is 1. The van der Waals surface area contributed by atoms with E-state index in [0.29, 0.717) is 5.02 Å². The van der Waals surface area contributed by atoms with Crippen molar-refractivity contribution in [3.63, 3.8) is 0 Å². The number of nitrogens with one attached hydrogen (secondary N) is 1. The van der Waals surface area contributed by atoms with E-state index in [0.717, 1.165) is 15.7 Å². The number of hydrogen-bond acceptors (Lipinski definition) is 2. The minimum atomic E-state index is -0.419. The number of hydrogen-bond donors (Lipinski definition) is 1. The van der Waals surface area contributed by atoms with E-state index in [1.165, 1.54) is 0 Å². The lowest BCUT2D eigenvalue weighted by Crippen LogP contribution is -2.08. The van der Waals surface area contributed by atoms with Crippen molar-refractivity contribution < 1.29 is 0 Å². The maximum atomic E-state index is 9.23. The van der Waals surface area contributed by atoms with Crippen molar-refractivity contribution in [2.45, 2.75) is 6.04 Å². The third-order valence-electron chi connectivity index (χ3n) is 2.49. The Hall–Kier alpha value is -1.50. The predicted octanol–water partition coefficient (Wildman–Crippen LogP) is 4.78. The Bertz CT molecular complexity index is 578. The molecule has 0 aliphatic carbocycles. The Labute approximate surface area is 119 Å². The van der Waals surface area contributed by atoms with E-state index in [1.54, 1.807) is 6.07 Å². The van der Waals surface area contributed by atoms with Crippen LogP contribution in [0.4, 0.5) is 5.69 Å². The van der Waals surface area contributed by atoms with Gasteiger partial charge in [0.25, 0.3) is 0 Å². The first-order valence-corrected chi connectivity index (χ1v) is 6.54. The highest BCUT2D eigenvalue weighted by molar-refractivity contribution is 9.10. The van der Waals surface area contributed by atoms with Gasteiger partial charge in [0.15, 0.2) is 0 Å². The van der Waals surface area contributed by atoms with Crippen LogP contribution >= 0.6 is 27.5 Å². The molecule has 1 atom stereocenters. The normalized spacial score (nSPS) is 11.6. The van der Waals surface area contributed by atoms with Crippen molar-refractivity contribution in [1.82, 2.24) is 0 Å². The van der Waals surface area contributed by atoms with Crippen molar-refractivity contribution >= 4 is 33.2 Å². The third-order valence-corrected chi connectivity index (χ3v) is 3.72. The molecule has 0 fully saturated rings. The number of para-hydroxylation sites is 1. The summed E-state index contributed by atoms with van der Waals surface area (Å²) in [6, 6.07) is 16.9. The molecule has 0 amide bonds. The van der Waals surface area contributed by atoms with Crippen molar-refractivity contribution in [1.29, 1.82) is 5.26 Å². The molecule has 0 bridgehead atoms. The maximum Gasteiger partial charge on any atom is 0.140 e. The summed E-state index contributed by atoms with van der Waals surface area (Å²) in [6.45, 7) is 0. The number of nitriles is 1. The molecule has 0 radical (unpaired) electrons. The largest absolute Gasteiger partial charge is 0.366 e. The van der Waals surface area contributed by atoms with E-state index in [2.05, 4.69) is 27.3 Å². The predicted molar refractivity (Wildman–Crippen MR) is 77.6 cm³/mol. The highest BCUT2D eigenvalue weighted by Gasteiger charge is 2.11. The summed E-state index contributed by atoms with van der Waals surface area (Å²) in [5.74, 6) is 0. The van der Waals surface area contributed by atoms with E-state index in [9.17, 15) is 5.26 Å². The second kappa shape index (κ2) is 5.90. The average molecular weight is 322 g/mol. The molecular formula is C14H10BrClN2. The fourth-order valence-corrected chi connectivity index (χ4v) is 2.02. The summed E-state index contributed by atoms with van der Waals surface area (Å²) >= 11 is 9.37. The number of nitrogens with zero attached hydrogens (tertiary/aromatic N) is 1. The lowest BCUT2D eigenvalue weighted by molar-refractivity contribution is 0.997. The molecule has 2 aromatic carbocycles. The van der Waals surface area contributed by atoms with Gasteiger partial charge in [0.2, 0.25) is 0 Å². The highest BCUT2D eigenvalue weighted by Crippen LogP contribution is 2.27. The second-order valence-corrected chi connectivity index (χ2v) is 5.01. The van der Waals surface area contributed by atoms with Crippen molar-refractivity contribution in [2.24, 2.45) is 0 Å². The van der Waals surface area contributed by atoms with Crippen molar-refractivity contribution in [2.75, 3.05) is 5.32 Å². The summed E-state index contributed by atoms with van der Waals surface area (Å²) in [5.41, 5.74) is 1.75. The molecule has 90 valence electrons. The van der Waals surface area contributed by atoms with Crippen LogP contribution in [0.3, 0.4) is 0 Å². The van der Waals surface area contributed by atoms with E-state index >= 15 is 0 Å². The van der Waals surface area contributed by atoms with Gasteiger partial charge in [-0.1, -0.05) is 35.9 Å². The second-order valence-electron chi connectivity index (χ2n) is 3.75. The molecular weight excluding hydrogens is 312 g/mol. The SMILES string of the molecule is N#CC(Nc1ccccc1)c1ccc(Br)c(Cl)c1. The first kappa shape index (κ1) is 12.9. The zero-order chi connectivity index (χ0) is 13.0. The summed E-state index contributed by atoms with van der Waals surface area (Å²) in [5, 5.41) is 13.0. The summed E-state index contributed by atoms with van der Waals surface area (Å²) < 4.78 is 0.823. The molecule has 0 spiro atoms. The van der Waals surface area contributed by atoms with Gasteiger partial charge in [-0.25, -0.2) is 0 Å². The van der Waals surface area contributed by atoms with Gasteiger partial charge in [0.05, 0.1) is 11.1 Å². The Morgan fingerprint density at radius 1 is 1.17 bits per heavy atom. The molecule has 0 heterocycles. The van der Waals surface area contributed by atoms with Gasteiger partial charge in [-0.3, -0.25) is 0 Å². The summed E-state index contributed by atoms with van der Waals surface area (Å²) in [7, 11) is 0. The van der Waals surface area contributed by atoms with E-state index in [4.69, 9.17) is 11.6 Å². The van der Waals surface area contributed by atoms with Gasteiger partial charge in [0, 0.05) is 10.2 Å². The Morgan fingerprint density at radius 2 is 1.89 bits per heavy atom. The van der Waals surface area contributed by atoms with Crippen LogP contribution in [0, 0.1) is 11.3 Å². The fourth-order valence-electron chi connectivity index (χ4n) is 1.58. The van der Waals surface area contributed by atoms with Crippen LogP contribution in [-0.4, -0.2) is 0 Å². The van der Waals surface area contributed by atoms with Crippen LogP contribution in [0.25, 0.3) is 0 Å². The third kappa shape index (κ3) is 3.04. The quantitative estimate of drug-likeness (QED) is 0.883. The standard InChI is InChI=1S/C14H10BrClN2/c15-12-7-6-10(8-13(12)16)14(9-17)18-11-4-2-1-3-5-11/h1-8,14,18H. The fraction of sp³-hybridized carbons (Fsp3) is 0.0714. The summed E-state index contributed by atoms with van der Waals surface area (Å²) in [4.78, 5) is 0. The molecule has 0 aliphatic rings. The monoisotopic (exact) mass is 320 g/mol. The van der Waals surface area contributed by atoms with Gasteiger partial charge in [-0.2, -0.15) is 5.26 Å². The Kier molecular flexibility index (Phi) is 4.24. The molecule has 0 aliphatic heterocycles. The molecule has 1 unspecified atom stereocenters.